The van der Waals surface area contributed by atoms with E-state index in [2.05, 4.69) is 15.6 Å². The highest BCUT2D eigenvalue weighted by Gasteiger charge is 2.19. The summed E-state index contributed by atoms with van der Waals surface area (Å²) in [6.07, 6.45) is 0. The van der Waals surface area contributed by atoms with E-state index in [1.165, 1.54) is 11.3 Å². The molecule has 0 fully saturated rings. The average molecular weight is 493 g/mol. The number of hydrogen-bond acceptors (Lipinski definition) is 6. The first-order valence-corrected chi connectivity index (χ1v) is 11.1. The minimum absolute atomic E-state index is 0.151. The first-order valence-electron chi connectivity index (χ1n) is 9.47. The summed E-state index contributed by atoms with van der Waals surface area (Å²) >= 11 is 13.1. The number of rotatable bonds is 6. The predicted octanol–water partition coefficient (Wildman–Crippen LogP) is 4.77. The molecule has 1 aliphatic rings. The number of anilines is 1. The summed E-state index contributed by atoms with van der Waals surface area (Å²) in [6, 6.07) is 9.81. The molecule has 8 nitrogen and oxygen atoms in total. The summed E-state index contributed by atoms with van der Waals surface area (Å²) in [6.45, 7) is 0.725. The van der Waals surface area contributed by atoms with Crippen LogP contribution in [-0.4, -0.2) is 35.7 Å². The van der Waals surface area contributed by atoms with Crippen molar-refractivity contribution in [2.24, 2.45) is 0 Å². The molecule has 0 spiro atoms. The highest BCUT2D eigenvalue weighted by Crippen LogP contribution is 2.33. The molecule has 0 atom stereocenters. The lowest BCUT2D eigenvalue weighted by atomic mass is 10.2. The fraction of sp³-hybridized carbons (Fsp3) is 0.190. The minimum atomic E-state index is -0.401. The van der Waals surface area contributed by atoms with Gasteiger partial charge in [0.05, 0.1) is 22.3 Å². The third-order valence-corrected chi connectivity index (χ3v) is 6.12. The summed E-state index contributed by atoms with van der Waals surface area (Å²) in [7, 11) is 1.68. The molecule has 0 aliphatic carbocycles. The number of halogens is 2. The Labute approximate surface area is 198 Å². The number of urea groups is 1. The number of hydrogen-bond donors (Lipinski definition) is 2. The quantitative estimate of drug-likeness (QED) is 0.516. The molecule has 4 rings (SSSR count). The second kappa shape index (κ2) is 9.64. The van der Waals surface area contributed by atoms with Gasteiger partial charge in [-0.1, -0.05) is 29.3 Å². The molecule has 0 radical (unpaired) electrons. The standard InChI is InChI=1S/C21H18Cl2N4O4S/c1-27(19(28)13-3-5-17-18(7-13)31-11-30-17)9-14-10-32-21(25-14)26-20(29)24-8-12-2-4-15(22)16(23)6-12/h2-7,10H,8-9,11H2,1H3,(H2,24,25,26,29). The van der Waals surface area contributed by atoms with Gasteiger partial charge in [-0.25, -0.2) is 9.78 Å². The first-order chi connectivity index (χ1) is 15.4. The molecule has 3 amide bonds. The van der Waals surface area contributed by atoms with Crippen LogP contribution in [0.3, 0.4) is 0 Å². The zero-order chi connectivity index (χ0) is 22.7. The van der Waals surface area contributed by atoms with Crippen LogP contribution in [0.15, 0.2) is 41.8 Å². The number of thiazole rings is 1. The Hall–Kier alpha value is -3.01. The molecule has 2 aromatic carbocycles. The molecule has 0 bridgehead atoms. The van der Waals surface area contributed by atoms with Gasteiger partial charge in [-0.3, -0.25) is 10.1 Å². The molecule has 32 heavy (non-hydrogen) atoms. The molecule has 0 unspecified atom stereocenters. The Kier molecular flexibility index (Phi) is 6.69. The lowest BCUT2D eigenvalue weighted by molar-refractivity contribution is 0.0783. The summed E-state index contributed by atoms with van der Waals surface area (Å²) in [5.74, 6) is 0.998. The smallest absolute Gasteiger partial charge is 0.321 e. The topological polar surface area (TPSA) is 92.8 Å². The number of ether oxygens (including phenoxy) is 2. The highest BCUT2D eigenvalue weighted by molar-refractivity contribution is 7.13. The van der Waals surface area contributed by atoms with Crippen LogP contribution in [0.25, 0.3) is 0 Å². The van der Waals surface area contributed by atoms with E-state index in [-0.39, 0.29) is 25.8 Å². The van der Waals surface area contributed by atoms with Crippen LogP contribution in [-0.2, 0) is 13.1 Å². The van der Waals surface area contributed by atoms with Gasteiger partial charge >= 0.3 is 6.03 Å². The third-order valence-electron chi connectivity index (χ3n) is 4.57. The number of fused-ring (bicyclic) bond motifs is 1. The zero-order valence-corrected chi connectivity index (χ0v) is 19.2. The summed E-state index contributed by atoms with van der Waals surface area (Å²) in [5.41, 5.74) is 1.97. The van der Waals surface area contributed by atoms with Gasteiger partial charge in [-0.2, -0.15) is 0 Å². The van der Waals surface area contributed by atoms with Gasteiger partial charge in [0.2, 0.25) is 6.79 Å². The molecule has 3 aromatic rings. The molecular weight excluding hydrogens is 475 g/mol. The molecule has 11 heteroatoms. The SMILES string of the molecule is CN(Cc1csc(NC(=O)NCc2ccc(Cl)c(Cl)c2)n1)C(=O)c1ccc2c(c1)OCO2. The second-order valence-corrected chi connectivity index (χ2v) is 8.60. The highest BCUT2D eigenvalue weighted by atomic mass is 35.5. The predicted molar refractivity (Wildman–Crippen MR) is 123 cm³/mol. The number of aromatic nitrogens is 1. The number of nitrogens with one attached hydrogen (secondary N) is 2. The molecule has 0 saturated heterocycles. The van der Waals surface area contributed by atoms with Gasteiger partial charge < -0.3 is 19.7 Å². The van der Waals surface area contributed by atoms with E-state index in [0.717, 1.165) is 5.56 Å². The van der Waals surface area contributed by atoms with Crippen molar-refractivity contribution < 1.29 is 19.1 Å². The average Bonchev–Trinajstić information content (AvgIpc) is 3.42. The fourth-order valence-electron chi connectivity index (χ4n) is 2.98. The summed E-state index contributed by atoms with van der Waals surface area (Å²) < 4.78 is 10.6. The Bertz CT molecular complexity index is 1170. The van der Waals surface area contributed by atoms with Gasteiger partial charge in [0.1, 0.15) is 0 Å². The van der Waals surface area contributed by atoms with Crippen molar-refractivity contribution in [2.75, 3.05) is 19.2 Å². The van der Waals surface area contributed by atoms with Crippen LogP contribution < -0.4 is 20.1 Å². The van der Waals surface area contributed by atoms with E-state index in [4.69, 9.17) is 32.7 Å². The van der Waals surface area contributed by atoms with Crippen molar-refractivity contribution in [2.45, 2.75) is 13.1 Å². The Balaban J connectivity index is 1.29. The van der Waals surface area contributed by atoms with Crippen LogP contribution in [0.5, 0.6) is 11.5 Å². The monoisotopic (exact) mass is 492 g/mol. The normalized spacial score (nSPS) is 11.8. The third kappa shape index (κ3) is 5.24. The molecular formula is C21H18Cl2N4O4S. The number of nitrogens with zero attached hydrogens (tertiary/aromatic N) is 2. The van der Waals surface area contributed by atoms with Crippen LogP contribution in [0.1, 0.15) is 21.6 Å². The van der Waals surface area contributed by atoms with Crippen molar-refractivity contribution in [3.63, 3.8) is 0 Å². The van der Waals surface area contributed by atoms with Crippen LogP contribution in [0.2, 0.25) is 10.0 Å². The van der Waals surface area contributed by atoms with Crippen LogP contribution >= 0.6 is 34.5 Å². The van der Waals surface area contributed by atoms with E-state index in [9.17, 15) is 9.59 Å². The van der Waals surface area contributed by atoms with Gasteiger partial charge in [0.15, 0.2) is 16.6 Å². The van der Waals surface area contributed by atoms with Crippen molar-refractivity contribution >= 4 is 51.6 Å². The van der Waals surface area contributed by atoms with Crippen molar-refractivity contribution in [1.29, 1.82) is 0 Å². The largest absolute Gasteiger partial charge is 0.454 e. The van der Waals surface area contributed by atoms with Crippen molar-refractivity contribution in [3.8, 4) is 11.5 Å². The summed E-state index contributed by atoms with van der Waals surface area (Å²) in [4.78, 5) is 30.8. The number of benzene rings is 2. The molecule has 2 heterocycles. The number of amides is 3. The molecule has 1 aromatic heterocycles. The van der Waals surface area contributed by atoms with Gasteiger partial charge in [-0.15, -0.1) is 11.3 Å². The molecule has 0 saturated carbocycles. The Morgan fingerprint density at radius 2 is 1.94 bits per heavy atom. The maximum Gasteiger partial charge on any atom is 0.321 e. The molecule has 1 aliphatic heterocycles. The van der Waals surface area contributed by atoms with E-state index in [0.29, 0.717) is 37.9 Å². The first kappa shape index (κ1) is 22.2. The van der Waals surface area contributed by atoms with Gasteiger partial charge in [0, 0.05) is 24.5 Å². The van der Waals surface area contributed by atoms with E-state index in [1.807, 2.05) is 0 Å². The van der Waals surface area contributed by atoms with Crippen LogP contribution in [0.4, 0.5) is 9.93 Å². The molecule has 2 N–H and O–H groups in total. The Morgan fingerprint density at radius 3 is 2.75 bits per heavy atom. The lowest BCUT2D eigenvalue weighted by Crippen LogP contribution is -2.28. The van der Waals surface area contributed by atoms with Gasteiger partial charge in [0.25, 0.3) is 5.91 Å². The van der Waals surface area contributed by atoms with Crippen molar-refractivity contribution in [1.82, 2.24) is 15.2 Å². The molecule has 166 valence electrons. The lowest BCUT2D eigenvalue weighted by Gasteiger charge is -2.16. The van der Waals surface area contributed by atoms with Gasteiger partial charge in [-0.05, 0) is 35.9 Å². The maximum absolute atomic E-state index is 12.7. The fourth-order valence-corrected chi connectivity index (χ4v) is 3.99. The Morgan fingerprint density at radius 1 is 1.12 bits per heavy atom. The van der Waals surface area contributed by atoms with E-state index < -0.39 is 6.03 Å². The number of carbonyl (C=O) groups is 2. The zero-order valence-electron chi connectivity index (χ0n) is 16.9. The van der Waals surface area contributed by atoms with Crippen molar-refractivity contribution in [3.05, 3.63) is 68.6 Å². The second-order valence-electron chi connectivity index (χ2n) is 6.93. The van der Waals surface area contributed by atoms with E-state index >= 15 is 0 Å². The van der Waals surface area contributed by atoms with E-state index in [1.54, 1.807) is 53.7 Å². The number of carbonyl (C=O) groups excluding carboxylic acids is 2. The maximum atomic E-state index is 12.7. The summed E-state index contributed by atoms with van der Waals surface area (Å²) in [5, 5.41) is 8.52. The minimum Gasteiger partial charge on any atom is -0.454 e. The van der Waals surface area contributed by atoms with Crippen LogP contribution in [0, 0.1) is 0 Å².